The summed E-state index contributed by atoms with van der Waals surface area (Å²) in [5.74, 6) is -0.0539. The maximum atomic E-state index is 12.1. The Morgan fingerprint density at radius 2 is 1.94 bits per heavy atom. The van der Waals surface area contributed by atoms with Crippen molar-refractivity contribution in [3.63, 3.8) is 0 Å². The number of aryl methyl sites for hydroxylation is 1. The third-order valence-electron chi connectivity index (χ3n) is 3.49. The van der Waals surface area contributed by atoms with Gasteiger partial charge in [0.05, 0.1) is 12.1 Å². The highest BCUT2D eigenvalue weighted by molar-refractivity contribution is 5.95. The number of rotatable bonds is 5. The zero-order chi connectivity index (χ0) is 13.8. The number of hydrogen-bond acceptors (Lipinski definition) is 3. The first-order chi connectivity index (χ1) is 8.48. The molecular weight excluding hydrogens is 230 g/mol. The number of carbonyl (C=O) groups is 1. The van der Waals surface area contributed by atoms with Crippen molar-refractivity contribution < 1.29 is 15.0 Å². The average molecular weight is 251 g/mol. The smallest absolute Gasteiger partial charge is 0.251 e. The van der Waals surface area contributed by atoms with E-state index in [9.17, 15) is 15.0 Å². The van der Waals surface area contributed by atoms with Crippen LogP contribution >= 0.6 is 0 Å². The largest absolute Gasteiger partial charge is 0.508 e. The molecule has 0 heterocycles. The zero-order valence-corrected chi connectivity index (χ0v) is 11.2. The molecule has 0 radical (unpaired) electrons. The van der Waals surface area contributed by atoms with Gasteiger partial charge >= 0.3 is 0 Å². The quantitative estimate of drug-likeness (QED) is 0.749. The molecule has 0 saturated heterocycles. The molecule has 1 amide bonds. The second kappa shape index (κ2) is 5.87. The van der Waals surface area contributed by atoms with Crippen molar-refractivity contribution in [1.82, 2.24) is 5.32 Å². The van der Waals surface area contributed by atoms with Crippen LogP contribution in [0.25, 0.3) is 0 Å². The van der Waals surface area contributed by atoms with Crippen LogP contribution in [0.2, 0.25) is 0 Å². The van der Waals surface area contributed by atoms with E-state index in [0.717, 1.165) is 0 Å². The molecule has 0 spiro atoms. The molecular formula is C14H21NO3. The van der Waals surface area contributed by atoms with Gasteiger partial charge in [-0.3, -0.25) is 4.79 Å². The van der Waals surface area contributed by atoms with Crippen molar-refractivity contribution in [3.05, 3.63) is 29.3 Å². The van der Waals surface area contributed by atoms with E-state index in [0.29, 0.717) is 24.0 Å². The van der Waals surface area contributed by atoms with Gasteiger partial charge in [-0.05, 0) is 43.5 Å². The molecule has 0 aliphatic heterocycles. The molecule has 0 aromatic heterocycles. The van der Waals surface area contributed by atoms with Gasteiger partial charge in [-0.15, -0.1) is 0 Å². The van der Waals surface area contributed by atoms with Gasteiger partial charge < -0.3 is 15.5 Å². The molecule has 1 aromatic rings. The first kappa shape index (κ1) is 14.5. The van der Waals surface area contributed by atoms with Crippen LogP contribution in [0.1, 0.15) is 42.6 Å². The summed E-state index contributed by atoms with van der Waals surface area (Å²) < 4.78 is 0. The predicted octanol–water partition coefficient (Wildman–Crippen LogP) is 1.98. The van der Waals surface area contributed by atoms with Crippen molar-refractivity contribution in [2.75, 3.05) is 6.61 Å². The number of carbonyl (C=O) groups excluding carboxylic acids is 1. The minimum Gasteiger partial charge on any atom is -0.508 e. The normalized spacial score (nSPS) is 11.3. The van der Waals surface area contributed by atoms with Crippen LogP contribution in [0, 0.1) is 6.92 Å². The summed E-state index contributed by atoms with van der Waals surface area (Å²) in [6, 6.07) is 4.71. The average Bonchev–Trinajstić information content (AvgIpc) is 2.39. The third kappa shape index (κ3) is 3.01. The highest BCUT2D eigenvalue weighted by Gasteiger charge is 2.27. The Morgan fingerprint density at radius 3 is 2.39 bits per heavy atom. The summed E-state index contributed by atoms with van der Waals surface area (Å²) in [4.78, 5) is 12.1. The van der Waals surface area contributed by atoms with Crippen molar-refractivity contribution >= 4 is 5.91 Å². The van der Waals surface area contributed by atoms with Crippen LogP contribution in [0.15, 0.2) is 18.2 Å². The Labute approximate surface area is 108 Å². The lowest BCUT2D eigenvalue weighted by atomic mass is 9.93. The molecule has 4 heteroatoms. The molecule has 0 saturated carbocycles. The zero-order valence-electron chi connectivity index (χ0n) is 11.2. The Hall–Kier alpha value is -1.55. The fourth-order valence-electron chi connectivity index (χ4n) is 1.80. The van der Waals surface area contributed by atoms with Gasteiger partial charge in [-0.25, -0.2) is 0 Å². The van der Waals surface area contributed by atoms with Crippen LogP contribution in [-0.4, -0.2) is 28.3 Å². The molecule has 3 N–H and O–H groups in total. The van der Waals surface area contributed by atoms with E-state index < -0.39 is 5.54 Å². The van der Waals surface area contributed by atoms with E-state index in [-0.39, 0.29) is 18.3 Å². The molecule has 1 rings (SSSR count). The number of nitrogens with one attached hydrogen (secondary N) is 1. The molecule has 0 aliphatic carbocycles. The minimum atomic E-state index is -0.567. The van der Waals surface area contributed by atoms with Crippen molar-refractivity contribution in [2.24, 2.45) is 0 Å². The van der Waals surface area contributed by atoms with Crippen LogP contribution < -0.4 is 5.32 Å². The van der Waals surface area contributed by atoms with Gasteiger partial charge in [-0.1, -0.05) is 13.8 Å². The Kier molecular flexibility index (Phi) is 4.73. The standard InChI is InChI=1S/C14H21NO3/c1-4-14(5-2,9-16)15-13(18)11-6-7-12(17)10(3)8-11/h6-8,16-17H,4-5,9H2,1-3H3,(H,15,18). The lowest BCUT2D eigenvalue weighted by Crippen LogP contribution is -2.50. The SMILES string of the molecule is CCC(CC)(CO)NC(=O)c1ccc(O)c(C)c1. The van der Waals surface area contributed by atoms with E-state index in [1.54, 1.807) is 19.1 Å². The monoisotopic (exact) mass is 251 g/mol. The van der Waals surface area contributed by atoms with E-state index >= 15 is 0 Å². The topological polar surface area (TPSA) is 69.6 Å². The van der Waals surface area contributed by atoms with E-state index in [1.165, 1.54) is 6.07 Å². The van der Waals surface area contributed by atoms with Crippen molar-refractivity contribution in [2.45, 2.75) is 39.2 Å². The molecule has 1 aromatic carbocycles. The van der Waals surface area contributed by atoms with Crippen LogP contribution in [-0.2, 0) is 0 Å². The number of benzene rings is 1. The fraction of sp³-hybridized carbons (Fsp3) is 0.500. The second-order valence-corrected chi connectivity index (χ2v) is 4.60. The molecule has 0 atom stereocenters. The third-order valence-corrected chi connectivity index (χ3v) is 3.49. The van der Waals surface area contributed by atoms with E-state index in [1.807, 2.05) is 13.8 Å². The summed E-state index contributed by atoms with van der Waals surface area (Å²) in [7, 11) is 0. The maximum Gasteiger partial charge on any atom is 0.251 e. The highest BCUT2D eigenvalue weighted by Crippen LogP contribution is 2.19. The van der Waals surface area contributed by atoms with Gasteiger partial charge in [0.1, 0.15) is 5.75 Å². The van der Waals surface area contributed by atoms with Gasteiger partial charge in [0, 0.05) is 5.56 Å². The van der Waals surface area contributed by atoms with Gasteiger partial charge in [0.15, 0.2) is 0 Å². The number of hydrogen-bond donors (Lipinski definition) is 3. The molecule has 0 aliphatic rings. The number of aliphatic hydroxyl groups excluding tert-OH is 1. The molecule has 18 heavy (non-hydrogen) atoms. The molecule has 0 fully saturated rings. The first-order valence-electron chi connectivity index (χ1n) is 6.21. The van der Waals surface area contributed by atoms with E-state index in [2.05, 4.69) is 5.32 Å². The molecule has 0 unspecified atom stereocenters. The predicted molar refractivity (Wildman–Crippen MR) is 70.7 cm³/mol. The Morgan fingerprint density at radius 1 is 1.33 bits per heavy atom. The summed E-state index contributed by atoms with van der Waals surface area (Å²) >= 11 is 0. The van der Waals surface area contributed by atoms with Crippen molar-refractivity contribution in [3.8, 4) is 5.75 Å². The van der Waals surface area contributed by atoms with Crippen molar-refractivity contribution in [1.29, 1.82) is 0 Å². The number of aromatic hydroxyl groups is 1. The Bertz CT molecular complexity index is 417. The van der Waals surface area contributed by atoms with E-state index in [4.69, 9.17) is 0 Å². The summed E-state index contributed by atoms with van der Waals surface area (Å²) in [6.45, 7) is 5.53. The number of phenolic OH excluding ortho intramolecular Hbond substituents is 1. The molecule has 0 bridgehead atoms. The first-order valence-corrected chi connectivity index (χ1v) is 6.21. The molecule has 100 valence electrons. The molecule has 4 nitrogen and oxygen atoms in total. The number of aliphatic hydroxyl groups is 1. The lowest BCUT2D eigenvalue weighted by Gasteiger charge is -2.30. The van der Waals surface area contributed by atoms with Crippen LogP contribution in [0.4, 0.5) is 0 Å². The summed E-state index contributed by atoms with van der Waals surface area (Å²) in [6.07, 6.45) is 1.34. The van der Waals surface area contributed by atoms with Crippen LogP contribution in [0.3, 0.4) is 0 Å². The fourth-order valence-corrected chi connectivity index (χ4v) is 1.80. The highest BCUT2D eigenvalue weighted by atomic mass is 16.3. The maximum absolute atomic E-state index is 12.1. The van der Waals surface area contributed by atoms with Crippen LogP contribution in [0.5, 0.6) is 5.75 Å². The summed E-state index contributed by atoms with van der Waals surface area (Å²) in [5.41, 5.74) is 0.582. The second-order valence-electron chi connectivity index (χ2n) is 4.60. The van der Waals surface area contributed by atoms with Gasteiger partial charge in [0.2, 0.25) is 0 Å². The van der Waals surface area contributed by atoms with Gasteiger partial charge in [0.25, 0.3) is 5.91 Å². The minimum absolute atomic E-state index is 0.0805. The number of amides is 1. The lowest BCUT2D eigenvalue weighted by molar-refractivity contribution is 0.0817. The number of phenols is 1. The summed E-state index contributed by atoms with van der Waals surface area (Å²) in [5, 5.41) is 21.7. The van der Waals surface area contributed by atoms with Gasteiger partial charge in [-0.2, -0.15) is 0 Å². The Balaban J connectivity index is 2.90.